The SMILES string of the molecule is O=C(NCc1n[nH]c2ccc(Cl)cc12)c1cnc(Cc2ccc3ncc(Cl)cc3c2)o1. The number of oxazole rings is 1. The van der Waals surface area contributed by atoms with Gasteiger partial charge in [-0.15, -0.1) is 0 Å². The highest BCUT2D eigenvalue weighted by Crippen LogP contribution is 2.21. The van der Waals surface area contributed by atoms with Crippen LogP contribution in [0.4, 0.5) is 0 Å². The van der Waals surface area contributed by atoms with Crippen LogP contribution in [-0.2, 0) is 13.0 Å². The summed E-state index contributed by atoms with van der Waals surface area (Å²) in [6.07, 6.45) is 3.48. The maximum absolute atomic E-state index is 12.5. The van der Waals surface area contributed by atoms with Crippen molar-refractivity contribution in [3.8, 4) is 0 Å². The number of nitrogens with zero attached hydrogens (tertiary/aromatic N) is 3. The highest BCUT2D eigenvalue weighted by atomic mass is 35.5. The number of H-pyrrole nitrogens is 1. The molecule has 1 amide bonds. The normalized spacial score (nSPS) is 11.3. The Hall–Kier alpha value is -3.42. The summed E-state index contributed by atoms with van der Waals surface area (Å²) in [7, 11) is 0. The van der Waals surface area contributed by atoms with Crippen molar-refractivity contribution in [2.75, 3.05) is 0 Å². The molecule has 0 radical (unpaired) electrons. The van der Waals surface area contributed by atoms with E-state index in [2.05, 4.69) is 25.5 Å². The number of aromatic amines is 1. The van der Waals surface area contributed by atoms with Gasteiger partial charge in [0.2, 0.25) is 5.76 Å². The molecule has 0 aliphatic heterocycles. The van der Waals surface area contributed by atoms with Crippen LogP contribution < -0.4 is 5.32 Å². The molecular weight excluding hydrogens is 437 g/mol. The van der Waals surface area contributed by atoms with Gasteiger partial charge < -0.3 is 9.73 Å². The van der Waals surface area contributed by atoms with E-state index in [1.165, 1.54) is 6.20 Å². The van der Waals surface area contributed by atoms with Crippen LogP contribution in [0.3, 0.4) is 0 Å². The van der Waals surface area contributed by atoms with Gasteiger partial charge in [-0.1, -0.05) is 29.3 Å². The van der Waals surface area contributed by atoms with Gasteiger partial charge >= 0.3 is 0 Å². The Morgan fingerprint density at radius 2 is 1.94 bits per heavy atom. The van der Waals surface area contributed by atoms with Crippen LogP contribution in [-0.4, -0.2) is 26.1 Å². The molecule has 3 heterocycles. The van der Waals surface area contributed by atoms with Gasteiger partial charge in [-0.3, -0.25) is 14.9 Å². The lowest BCUT2D eigenvalue weighted by molar-refractivity contribution is 0.0921. The van der Waals surface area contributed by atoms with E-state index in [0.717, 1.165) is 27.4 Å². The fourth-order valence-electron chi connectivity index (χ4n) is 3.36. The van der Waals surface area contributed by atoms with Gasteiger partial charge in [0.1, 0.15) is 0 Å². The van der Waals surface area contributed by atoms with E-state index in [4.69, 9.17) is 27.6 Å². The molecule has 31 heavy (non-hydrogen) atoms. The highest BCUT2D eigenvalue weighted by Gasteiger charge is 2.15. The summed E-state index contributed by atoms with van der Waals surface area (Å²) in [5.74, 6) is 0.210. The number of carbonyl (C=O) groups is 1. The zero-order valence-corrected chi connectivity index (χ0v) is 17.5. The molecule has 2 aromatic carbocycles. The molecule has 0 bridgehead atoms. The smallest absolute Gasteiger partial charge is 0.289 e. The van der Waals surface area contributed by atoms with Gasteiger partial charge in [0.15, 0.2) is 5.89 Å². The first-order chi connectivity index (χ1) is 15.0. The minimum absolute atomic E-state index is 0.137. The van der Waals surface area contributed by atoms with Crippen LogP contribution in [0, 0.1) is 0 Å². The van der Waals surface area contributed by atoms with E-state index in [1.54, 1.807) is 18.3 Å². The zero-order chi connectivity index (χ0) is 21.4. The molecule has 0 aliphatic carbocycles. The molecule has 5 rings (SSSR count). The summed E-state index contributed by atoms with van der Waals surface area (Å²) in [4.78, 5) is 21.0. The van der Waals surface area contributed by atoms with E-state index in [0.29, 0.717) is 28.1 Å². The number of fused-ring (bicyclic) bond motifs is 2. The third-order valence-corrected chi connectivity index (χ3v) is 5.31. The number of halogens is 2. The molecule has 0 saturated heterocycles. The second kappa shape index (κ2) is 8.02. The quantitative estimate of drug-likeness (QED) is 0.394. The fourth-order valence-corrected chi connectivity index (χ4v) is 3.70. The summed E-state index contributed by atoms with van der Waals surface area (Å²) >= 11 is 12.1. The number of nitrogens with one attached hydrogen (secondary N) is 2. The van der Waals surface area contributed by atoms with Gasteiger partial charge in [-0.05, 0) is 42.0 Å². The molecule has 3 aromatic heterocycles. The van der Waals surface area contributed by atoms with Crippen molar-refractivity contribution >= 4 is 50.9 Å². The lowest BCUT2D eigenvalue weighted by Gasteiger charge is -2.02. The van der Waals surface area contributed by atoms with Gasteiger partial charge in [0.05, 0.1) is 34.5 Å². The summed E-state index contributed by atoms with van der Waals surface area (Å²) in [6, 6.07) is 13.1. The molecule has 7 nitrogen and oxygen atoms in total. The molecule has 154 valence electrons. The third-order valence-electron chi connectivity index (χ3n) is 4.87. The Bertz CT molecular complexity index is 1430. The maximum Gasteiger partial charge on any atom is 0.289 e. The van der Waals surface area contributed by atoms with E-state index < -0.39 is 0 Å². The Morgan fingerprint density at radius 1 is 1.03 bits per heavy atom. The summed E-state index contributed by atoms with van der Waals surface area (Å²) in [6.45, 7) is 0.230. The summed E-state index contributed by atoms with van der Waals surface area (Å²) < 4.78 is 5.65. The average molecular weight is 452 g/mol. The second-order valence-electron chi connectivity index (χ2n) is 7.02. The molecule has 0 fully saturated rings. The Kier molecular flexibility index (Phi) is 5.05. The number of pyridine rings is 1. The first kappa shape index (κ1) is 19.5. The van der Waals surface area contributed by atoms with Crippen LogP contribution in [0.5, 0.6) is 0 Å². The molecule has 5 aromatic rings. The van der Waals surface area contributed by atoms with Crippen molar-refractivity contribution < 1.29 is 9.21 Å². The highest BCUT2D eigenvalue weighted by molar-refractivity contribution is 6.31. The number of rotatable bonds is 5. The molecular formula is C22H15Cl2N5O2. The summed E-state index contributed by atoms with van der Waals surface area (Å²) in [5, 5.41) is 12.9. The Morgan fingerprint density at radius 3 is 2.84 bits per heavy atom. The van der Waals surface area contributed by atoms with Crippen LogP contribution in [0.25, 0.3) is 21.8 Å². The van der Waals surface area contributed by atoms with Gasteiger partial charge in [0, 0.05) is 28.4 Å². The fraction of sp³-hybridized carbons (Fsp3) is 0.0909. The molecule has 0 atom stereocenters. The molecule has 0 spiro atoms. The van der Waals surface area contributed by atoms with E-state index in [9.17, 15) is 4.79 Å². The number of hydrogen-bond donors (Lipinski definition) is 2. The Balaban J connectivity index is 1.27. The van der Waals surface area contributed by atoms with E-state index in [-0.39, 0.29) is 18.2 Å². The molecule has 9 heteroatoms. The van der Waals surface area contributed by atoms with Crippen molar-refractivity contribution in [2.24, 2.45) is 0 Å². The first-order valence-electron chi connectivity index (χ1n) is 9.45. The predicted molar refractivity (Wildman–Crippen MR) is 118 cm³/mol. The summed E-state index contributed by atoms with van der Waals surface area (Å²) in [5.41, 5.74) is 3.37. The topological polar surface area (TPSA) is 96.7 Å². The van der Waals surface area contributed by atoms with Crippen molar-refractivity contribution in [1.82, 2.24) is 25.5 Å². The standard InChI is InChI=1S/C22H15Cl2N5O2/c23-14-2-4-18-16(8-14)19(29-28-18)10-27-22(30)20-11-26-21(31-20)6-12-1-3-17-13(5-12)7-15(24)9-25-17/h1-5,7-9,11H,6,10H2,(H,27,30)(H,28,29). The number of amides is 1. The Labute approximate surface area is 186 Å². The number of aromatic nitrogens is 4. The second-order valence-corrected chi connectivity index (χ2v) is 7.89. The minimum atomic E-state index is -0.369. The van der Waals surface area contributed by atoms with Crippen LogP contribution in [0.1, 0.15) is 27.7 Å². The maximum atomic E-state index is 12.5. The van der Waals surface area contributed by atoms with Crippen LogP contribution in [0.15, 0.2) is 59.3 Å². The largest absolute Gasteiger partial charge is 0.435 e. The van der Waals surface area contributed by atoms with E-state index in [1.807, 2.05) is 30.3 Å². The van der Waals surface area contributed by atoms with Crippen LogP contribution >= 0.6 is 23.2 Å². The number of carbonyl (C=O) groups excluding carboxylic acids is 1. The van der Waals surface area contributed by atoms with Gasteiger partial charge in [0.25, 0.3) is 5.91 Å². The minimum Gasteiger partial charge on any atom is -0.435 e. The predicted octanol–water partition coefficient (Wildman–Crippen LogP) is 4.93. The van der Waals surface area contributed by atoms with Crippen LogP contribution in [0.2, 0.25) is 10.0 Å². The molecule has 2 N–H and O–H groups in total. The van der Waals surface area contributed by atoms with Crippen molar-refractivity contribution in [1.29, 1.82) is 0 Å². The van der Waals surface area contributed by atoms with Gasteiger partial charge in [-0.2, -0.15) is 5.10 Å². The lowest BCUT2D eigenvalue weighted by Crippen LogP contribution is -2.22. The monoisotopic (exact) mass is 451 g/mol. The third kappa shape index (κ3) is 4.10. The zero-order valence-electron chi connectivity index (χ0n) is 16.0. The van der Waals surface area contributed by atoms with E-state index >= 15 is 0 Å². The average Bonchev–Trinajstić information content (AvgIpc) is 3.38. The molecule has 0 saturated carbocycles. The van der Waals surface area contributed by atoms with Gasteiger partial charge in [-0.25, -0.2) is 4.98 Å². The molecule has 0 aliphatic rings. The molecule has 0 unspecified atom stereocenters. The van der Waals surface area contributed by atoms with Crippen molar-refractivity contribution in [3.05, 3.63) is 87.8 Å². The lowest BCUT2D eigenvalue weighted by atomic mass is 10.1. The van der Waals surface area contributed by atoms with Crippen molar-refractivity contribution in [3.63, 3.8) is 0 Å². The number of benzene rings is 2. The van der Waals surface area contributed by atoms with Crippen molar-refractivity contribution in [2.45, 2.75) is 13.0 Å². The number of hydrogen-bond acceptors (Lipinski definition) is 5. The first-order valence-corrected chi connectivity index (χ1v) is 10.2.